The van der Waals surface area contributed by atoms with Crippen molar-refractivity contribution in [2.75, 3.05) is 0 Å². The summed E-state index contributed by atoms with van der Waals surface area (Å²) in [7, 11) is 0. The van der Waals surface area contributed by atoms with Gasteiger partial charge in [0.15, 0.2) is 11.9 Å². The van der Waals surface area contributed by atoms with Gasteiger partial charge in [-0.2, -0.15) is 0 Å². The zero-order chi connectivity index (χ0) is 12.5. The van der Waals surface area contributed by atoms with Crippen LogP contribution in [0.1, 0.15) is 59.7 Å². The molecule has 0 aliphatic heterocycles. The minimum Gasteiger partial charge on any atom is -0.450 e. The summed E-state index contributed by atoms with van der Waals surface area (Å²) in [6, 6.07) is 2.02. The van der Waals surface area contributed by atoms with E-state index in [-0.39, 0.29) is 11.8 Å². The number of thiophene rings is 1. The maximum Gasteiger partial charge on any atom is 0.349 e. The lowest BCUT2D eigenvalue weighted by Gasteiger charge is -2.20. The number of carbonyl (C=O) groups excluding carboxylic acids is 2. The van der Waals surface area contributed by atoms with E-state index in [1.807, 2.05) is 11.4 Å². The van der Waals surface area contributed by atoms with E-state index < -0.39 is 6.10 Å². The van der Waals surface area contributed by atoms with Crippen LogP contribution in [0.5, 0.6) is 0 Å². The lowest BCUT2D eigenvalue weighted by atomic mass is 9.96. The second kappa shape index (κ2) is 4.84. The summed E-state index contributed by atoms with van der Waals surface area (Å²) in [5.74, 6) is 0.326. The molecule has 0 amide bonds. The normalized spacial score (nSPS) is 24.0. The molecule has 2 fully saturated rings. The smallest absolute Gasteiger partial charge is 0.349 e. The fourth-order valence-corrected chi connectivity index (χ4v) is 3.33. The zero-order valence-electron chi connectivity index (χ0n) is 10.2. The SMILES string of the molecule is O=C(O[C@@H]1CCCCC1=O)c1sccc1C1CC1. The van der Waals surface area contributed by atoms with E-state index in [1.165, 1.54) is 24.2 Å². The first-order chi connectivity index (χ1) is 8.75. The lowest BCUT2D eigenvalue weighted by molar-refractivity contribution is -0.129. The Bertz CT molecular complexity index is 473. The van der Waals surface area contributed by atoms with Crippen molar-refractivity contribution in [3.63, 3.8) is 0 Å². The second-order valence-corrected chi connectivity index (χ2v) is 6.00. The van der Waals surface area contributed by atoms with Gasteiger partial charge in [-0.25, -0.2) is 4.79 Å². The molecule has 0 unspecified atom stereocenters. The predicted molar refractivity (Wildman–Crippen MR) is 69.0 cm³/mol. The van der Waals surface area contributed by atoms with Crippen LogP contribution >= 0.6 is 11.3 Å². The Morgan fingerprint density at radius 3 is 2.83 bits per heavy atom. The molecule has 3 nitrogen and oxygen atoms in total. The molecule has 3 rings (SSSR count). The molecule has 1 aromatic heterocycles. The van der Waals surface area contributed by atoms with Crippen molar-refractivity contribution in [1.82, 2.24) is 0 Å². The predicted octanol–water partition coefficient (Wildman–Crippen LogP) is 3.29. The second-order valence-electron chi connectivity index (χ2n) is 5.09. The van der Waals surface area contributed by atoms with E-state index in [1.54, 1.807) is 0 Å². The number of Topliss-reactive ketones (excluding diaryl/α,β-unsaturated/α-hetero) is 1. The Kier molecular flexibility index (Phi) is 3.20. The molecular formula is C14H16O3S. The highest BCUT2D eigenvalue weighted by Crippen LogP contribution is 2.43. The third-order valence-corrected chi connectivity index (χ3v) is 4.56. The third-order valence-electron chi connectivity index (χ3n) is 3.65. The molecule has 1 heterocycles. The summed E-state index contributed by atoms with van der Waals surface area (Å²) in [4.78, 5) is 24.5. The van der Waals surface area contributed by atoms with Crippen molar-refractivity contribution in [3.8, 4) is 0 Å². The maximum absolute atomic E-state index is 12.1. The molecule has 0 N–H and O–H groups in total. The molecule has 4 heteroatoms. The Labute approximate surface area is 110 Å². The Morgan fingerprint density at radius 1 is 1.28 bits per heavy atom. The van der Waals surface area contributed by atoms with Gasteiger partial charge < -0.3 is 4.74 Å². The quantitative estimate of drug-likeness (QED) is 0.787. The van der Waals surface area contributed by atoms with Crippen molar-refractivity contribution < 1.29 is 14.3 Å². The van der Waals surface area contributed by atoms with E-state index in [9.17, 15) is 9.59 Å². The molecule has 0 aromatic carbocycles. The molecule has 96 valence electrons. The largest absolute Gasteiger partial charge is 0.450 e. The van der Waals surface area contributed by atoms with Gasteiger partial charge in [-0.15, -0.1) is 11.3 Å². The van der Waals surface area contributed by atoms with E-state index in [2.05, 4.69) is 0 Å². The number of ketones is 1. The van der Waals surface area contributed by atoms with E-state index in [4.69, 9.17) is 4.74 Å². The van der Waals surface area contributed by atoms with Crippen molar-refractivity contribution in [2.24, 2.45) is 0 Å². The van der Waals surface area contributed by atoms with Crippen LogP contribution in [0, 0.1) is 0 Å². The first kappa shape index (κ1) is 11.9. The Hall–Kier alpha value is -1.16. The number of carbonyl (C=O) groups is 2. The van der Waals surface area contributed by atoms with Gasteiger partial charge in [-0.05, 0) is 55.0 Å². The van der Waals surface area contributed by atoms with Gasteiger partial charge in [-0.3, -0.25) is 4.79 Å². The third kappa shape index (κ3) is 2.34. The van der Waals surface area contributed by atoms with Crippen molar-refractivity contribution in [1.29, 1.82) is 0 Å². The van der Waals surface area contributed by atoms with Gasteiger partial charge in [0.05, 0.1) is 0 Å². The van der Waals surface area contributed by atoms with Gasteiger partial charge in [-0.1, -0.05) is 0 Å². The molecule has 0 saturated heterocycles. The topological polar surface area (TPSA) is 43.4 Å². The number of hydrogen-bond acceptors (Lipinski definition) is 4. The Morgan fingerprint density at radius 2 is 2.11 bits per heavy atom. The minimum absolute atomic E-state index is 0.0825. The molecule has 2 aliphatic rings. The van der Waals surface area contributed by atoms with E-state index >= 15 is 0 Å². The van der Waals surface area contributed by atoms with Crippen molar-refractivity contribution >= 4 is 23.1 Å². The molecular weight excluding hydrogens is 248 g/mol. The van der Waals surface area contributed by atoms with E-state index in [0.29, 0.717) is 23.6 Å². The summed E-state index contributed by atoms with van der Waals surface area (Å²) in [5, 5.41) is 1.94. The summed E-state index contributed by atoms with van der Waals surface area (Å²) in [5.41, 5.74) is 1.12. The number of rotatable bonds is 3. The molecule has 0 spiro atoms. The van der Waals surface area contributed by atoms with Gasteiger partial charge in [0, 0.05) is 6.42 Å². The van der Waals surface area contributed by atoms with Crippen molar-refractivity contribution in [3.05, 3.63) is 21.9 Å². The first-order valence-electron chi connectivity index (χ1n) is 6.57. The summed E-state index contributed by atoms with van der Waals surface area (Å²) >= 11 is 1.43. The molecule has 0 bridgehead atoms. The molecule has 2 aliphatic carbocycles. The molecule has 2 saturated carbocycles. The number of hydrogen-bond donors (Lipinski definition) is 0. The minimum atomic E-state index is -0.500. The average molecular weight is 264 g/mol. The molecule has 0 radical (unpaired) electrons. The Balaban J connectivity index is 1.70. The van der Waals surface area contributed by atoms with Crippen LogP contribution in [0.2, 0.25) is 0 Å². The standard InChI is InChI=1S/C14H16O3S/c15-11-3-1-2-4-12(11)17-14(16)13-10(7-8-18-13)9-5-6-9/h7-9,12H,1-6H2/t12-/m1/s1. The van der Waals surface area contributed by atoms with Crippen molar-refractivity contribution in [2.45, 2.75) is 50.5 Å². The first-order valence-corrected chi connectivity index (χ1v) is 7.45. The highest BCUT2D eigenvalue weighted by molar-refractivity contribution is 7.12. The van der Waals surface area contributed by atoms with Gasteiger partial charge in [0.2, 0.25) is 0 Å². The van der Waals surface area contributed by atoms with Gasteiger partial charge in [0.1, 0.15) is 4.88 Å². The monoisotopic (exact) mass is 264 g/mol. The molecule has 18 heavy (non-hydrogen) atoms. The van der Waals surface area contributed by atoms with Gasteiger partial charge >= 0.3 is 5.97 Å². The molecule has 1 aromatic rings. The fraction of sp³-hybridized carbons (Fsp3) is 0.571. The number of ether oxygens (including phenoxy) is 1. The van der Waals surface area contributed by atoms with Crippen LogP contribution in [0.3, 0.4) is 0 Å². The average Bonchev–Trinajstić information content (AvgIpc) is 3.09. The highest BCUT2D eigenvalue weighted by atomic mass is 32.1. The summed E-state index contributed by atoms with van der Waals surface area (Å²) < 4.78 is 5.39. The number of esters is 1. The van der Waals surface area contributed by atoms with Crippen LogP contribution in [-0.2, 0) is 9.53 Å². The molecule has 1 atom stereocenters. The zero-order valence-corrected chi connectivity index (χ0v) is 11.0. The van der Waals surface area contributed by atoms with Crippen LogP contribution in [0.4, 0.5) is 0 Å². The van der Waals surface area contributed by atoms with E-state index in [0.717, 1.165) is 18.4 Å². The fourth-order valence-electron chi connectivity index (χ4n) is 2.46. The maximum atomic E-state index is 12.1. The highest BCUT2D eigenvalue weighted by Gasteiger charge is 2.32. The summed E-state index contributed by atoms with van der Waals surface area (Å²) in [6.07, 6.45) is 4.98. The van der Waals surface area contributed by atoms with Crippen LogP contribution in [0.25, 0.3) is 0 Å². The van der Waals surface area contributed by atoms with Crippen LogP contribution in [0.15, 0.2) is 11.4 Å². The lowest BCUT2D eigenvalue weighted by Crippen LogP contribution is -2.30. The van der Waals surface area contributed by atoms with Gasteiger partial charge in [0.25, 0.3) is 0 Å². The van der Waals surface area contributed by atoms with Crippen LogP contribution < -0.4 is 0 Å². The summed E-state index contributed by atoms with van der Waals surface area (Å²) in [6.45, 7) is 0. The van der Waals surface area contributed by atoms with Crippen LogP contribution in [-0.4, -0.2) is 17.9 Å².